The predicted molar refractivity (Wildman–Crippen MR) is 155 cm³/mol. The fraction of sp³-hybridized carbons (Fsp3) is 0.471. The van der Waals surface area contributed by atoms with Crippen LogP contribution in [0.3, 0.4) is 0 Å². The van der Waals surface area contributed by atoms with E-state index in [1.165, 1.54) is 43.2 Å². The molecule has 1 aliphatic heterocycles. The normalized spacial score (nSPS) is 20.9. The van der Waals surface area contributed by atoms with Gasteiger partial charge in [-0.3, -0.25) is 0 Å². The average molecular weight is 514 g/mol. The van der Waals surface area contributed by atoms with E-state index in [0.717, 1.165) is 48.1 Å². The van der Waals surface area contributed by atoms with Crippen molar-refractivity contribution in [3.05, 3.63) is 95.1 Å². The van der Waals surface area contributed by atoms with Gasteiger partial charge in [-0.1, -0.05) is 92.3 Å². The van der Waals surface area contributed by atoms with Crippen LogP contribution in [0.2, 0.25) is 0 Å². The largest absolute Gasteiger partial charge is 0.485 e. The van der Waals surface area contributed by atoms with E-state index >= 15 is 0 Å². The molecule has 0 amide bonds. The Hall–Kier alpha value is -2.82. The van der Waals surface area contributed by atoms with Crippen LogP contribution in [-0.2, 0) is 22.6 Å². The van der Waals surface area contributed by atoms with Gasteiger partial charge < -0.3 is 19.5 Å². The molecule has 38 heavy (non-hydrogen) atoms. The standard InChI is InChI=1S/C34H43NO3/c1-25-14-16-27(17-15-25)23-35-29-18-19-31-30(22-29)32(36-21-20-26-10-6-4-7-11-26)33(34(2,3)38-31)37-24-28-12-8-5-9-13-28/h5,8-9,12-19,22,26,32-33,35H,4,6-7,10-11,20-21,23-24H2,1-3H3. The Morgan fingerprint density at radius 2 is 1.63 bits per heavy atom. The van der Waals surface area contributed by atoms with Crippen molar-refractivity contribution in [1.29, 1.82) is 0 Å². The highest BCUT2D eigenvalue weighted by Crippen LogP contribution is 2.45. The number of hydrogen-bond donors (Lipinski definition) is 1. The minimum absolute atomic E-state index is 0.192. The second kappa shape index (κ2) is 12.4. The minimum atomic E-state index is -0.520. The highest BCUT2D eigenvalue weighted by Gasteiger charge is 2.45. The third kappa shape index (κ3) is 6.78. The van der Waals surface area contributed by atoms with Crippen LogP contribution in [0.1, 0.15) is 80.7 Å². The van der Waals surface area contributed by atoms with E-state index in [9.17, 15) is 0 Å². The van der Waals surface area contributed by atoms with Gasteiger partial charge in [0.05, 0.1) is 6.61 Å². The Morgan fingerprint density at radius 3 is 2.39 bits per heavy atom. The monoisotopic (exact) mass is 513 g/mol. The fourth-order valence-corrected chi connectivity index (χ4v) is 5.82. The van der Waals surface area contributed by atoms with E-state index in [1.54, 1.807) is 0 Å². The van der Waals surface area contributed by atoms with E-state index in [1.807, 2.05) is 6.07 Å². The topological polar surface area (TPSA) is 39.7 Å². The highest BCUT2D eigenvalue weighted by molar-refractivity contribution is 5.54. The van der Waals surface area contributed by atoms with Gasteiger partial charge in [0.2, 0.25) is 0 Å². The summed E-state index contributed by atoms with van der Waals surface area (Å²) in [5, 5.41) is 3.60. The number of anilines is 1. The third-order valence-electron chi connectivity index (χ3n) is 8.09. The van der Waals surface area contributed by atoms with Crippen molar-refractivity contribution in [2.24, 2.45) is 5.92 Å². The van der Waals surface area contributed by atoms with E-state index in [2.05, 4.69) is 92.8 Å². The maximum atomic E-state index is 6.75. The number of fused-ring (bicyclic) bond motifs is 1. The van der Waals surface area contributed by atoms with Crippen molar-refractivity contribution in [1.82, 2.24) is 0 Å². The molecule has 202 valence electrons. The molecule has 0 aromatic heterocycles. The van der Waals surface area contributed by atoms with Crippen molar-refractivity contribution >= 4 is 5.69 Å². The van der Waals surface area contributed by atoms with Crippen LogP contribution < -0.4 is 10.1 Å². The summed E-state index contributed by atoms with van der Waals surface area (Å²) in [5.74, 6) is 1.67. The molecule has 3 aromatic carbocycles. The van der Waals surface area contributed by atoms with Crippen molar-refractivity contribution in [3.8, 4) is 5.75 Å². The van der Waals surface area contributed by atoms with Gasteiger partial charge in [-0.25, -0.2) is 0 Å². The molecule has 4 heteroatoms. The zero-order valence-corrected chi connectivity index (χ0v) is 23.2. The molecule has 5 rings (SSSR count). The van der Waals surface area contributed by atoms with Gasteiger partial charge in [-0.15, -0.1) is 0 Å². The van der Waals surface area contributed by atoms with Gasteiger partial charge in [0.1, 0.15) is 23.6 Å². The van der Waals surface area contributed by atoms with Crippen LogP contribution in [0.5, 0.6) is 5.75 Å². The molecule has 1 fully saturated rings. The predicted octanol–water partition coefficient (Wildman–Crippen LogP) is 8.39. The molecule has 1 heterocycles. The van der Waals surface area contributed by atoms with Gasteiger partial charge in [-0.05, 0) is 62.4 Å². The van der Waals surface area contributed by atoms with Crippen LogP contribution in [0.4, 0.5) is 5.69 Å². The van der Waals surface area contributed by atoms with Crippen molar-refractivity contribution < 1.29 is 14.2 Å². The quantitative estimate of drug-likeness (QED) is 0.295. The summed E-state index contributed by atoms with van der Waals surface area (Å²) in [6, 6.07) is 25.4. The van der Waals surface area contributed by atoms with Gasteiger partial charge >= 0.3 is 0 Å². The Labute approximate surface area is 228 Å². The molecule has 3 aromatic rings. The molecule has 1 aliphatic carbocycles. The lowest BCUT2D eigenvalue weighted by atomic mass is 9.86. The first-order valence-corrected chi connectivity index (χ1v) is 14.4. The Morgan fingerprint density at radius 1 is 0.868 bits per heavy atom. The summed E-state index contributed by atoms with van der Waals surface area (Å²) in [4.78, 5) is 0. The van der Waals surface area contributed by atoms with Crippen LogP contribution in [0.15, 0.2) is 72.8 Å². The molecule has 2 atom stereocenters. The molecule has 0 bridgehead atoms. The second-order valence-corrected chi connectivity index (χ2v) is 11.6. The minimum Gasteiger partial charge on any atom is -0.485 e. The third-order valence-corrected chi connectivity index (χ3v) is 8.09. The van der Waals surface area contributed by atoms with Gasteiger partial charge in [0.15, 0.2) is 0 Å². The summed E-state index contributed by atoms with van der Waals surface area (Å²) >= 11 is 0. The lowest BCUT2D eigenvalue weighted by Crippen LogP contribution is -2.51. The van der Waals surface area contributed by atoms with Crippen molar-refractivity contribution in [2.75, 3.05) is 11.9 Å². The van der Waals surface area contributed by atoms with Gasteiger partial charge in [0, 0.05) is 24.4 Å². The Balaban J connectivity index is 1.35. The molecule has 0 saturated heterocycles. The lowest BCUT2D eigenvalue weighted by Gasteiger charge is -2.44. The Kier molecular flexibility index (Phi) is 8.71. The van der Waals surface area contributed by atoms with Crippen molar-refractivity contribution in [2.45, 2.75) is 90.3 Å². The molecule has 0 spiro atoms. The summed E-state index contributed by atoms with van der Waals surface area (Å²) < 4.78 is 19.9. The van der Waals surface area contributed by atoms with Crippen molar-refractivity contribution in [3.63, 3.8) is 0 Å². The van der Waals surface area contributed by atoms with E-state index in [0.29, 0.717) is 6.61 Å². The molecule has 1 N–H and O–H groups in total. The SMILES string of the molecule is Cc1ccc(CNc2ccc3c(c2)C(OCCC2CCCCC2)C(OCc2ccccc2)C(C)(C)O3)cc1. The average Bonchev–Trinajstić information content (AvgIpc) is 2.93. The molecule has 2 aliphatic rings. The first kappa shape index (κ1) is 26.8. The molecular formula is C34H43NO3. The summed E-state index contributed by atoms with van der Waals surface area (Å²) in [6.07, 6.45) is 7.46. The lowest BCUT2D eigenvalue weighted by molar-refractivity contribution is -0.168. The van der Waals surface area contributed by atoms with Crippen LogP contribution in [0.25, 0.3) is 0 Å². The van der Waals surface area contributed by atoms with Gasteiger partial charge in [-0.2, -0.15) is 0 Å². The molecule has 2 unspecified atom stereocenters. The number of ether oxygens (including phenoxy) is 3. The van der Waals surface area contributed by atoms with E-state index in [4.69, 9.17) is 14.2 Å². The van der Waals surface area contributed by atoms with Crippen LogP contribution in [-0.4, -0.2) is 18.3 Å². The fourth-order valence-electron chi connectivity index (χ4n) is 5.82. The number of rotatable bonds is 10. The van der Waals surface area contributed by atoms with Gasteiger partial charge in [0.25, 0.3) is 0 Å². The second-order valence-electron chi connectivity index (χ2n) is 11.6. The maximum Gasteiger partial charge on any atom is 0.132 e. The molecular weight excluding hydrogens is 470 g/mol. The highest BCUT2D eigenvalue weighted by atomic mass is 16.6. The number of hydrogen-bond acceptors (Lipinski definition) is 4. The first-order valence-electron chi connectivity index (χ1n) is 14.4. The first-order chi connectivity index (χ1) is 18.5. The zero-order valence-electron chi connectivity index (χ0n) is 23.2. The zero-order chi connectivity index (χ0) is 26.4. The van der Waals surface area contributed by atoms with E-state index in [-0.39, 0.29) is 12.2 Å². The summed E-state index contributed by atoms with van der Waals surface area (Å²) in [5.41, 5.74) is 5.31. The smallest absolute Gasteiger partial charge is 0.132 e. The molecule has 1 saturated carbocycles. The molecule has 4 nitrogen and oxygen atoms in total. The maximum absolute atomic E-state index is 6.75. The summed E-state index contributed by atoms with van der Waals surface area (Å²) in [6.45, 7) is 8.40. The van der Waals surface area contributed by atoms with Crippen LogP contribution in [0, 0.1) is 12.8 Å². The molecule has 0 radical (unpaired) electrons. The Bertz CT molecular complexity index is 1150. The van der Waals surface area contributed by atoms with Crippen LogP contribution >= 0.6 is 0 Å². The number of benzene rings is 3. The van der Waals surface area contributed by atoms with E-state index < -0.39 is 5.60 Å². The number of aryl methyl sites for hydroxylation is 1. The number of nitrogens with one attached hydrogen (secondary N) is 1. The summed E-state index contributed by atoms with van der Waals surface area (Å²) in [7, 11) is 0.